The van der Waals surface area contributed by atoms with E-state index in [0.29, 0.717) is 17.4 Å². The molecule has 0 fully saturated rings. The molecule has 9 heteroatoms. The van der Waals surface area contributed by atoms with E-state index in [4.69, 9.17) is 18.9 Å². The van der Waals surface area contributed by atoms with Crippen molar-refractivity contribution in [2.24, 2.45) is 0 Å². The lowest BCUT2D eigenvalue weighted by molar-refractivity contribution is -0.870. The Morgan fingerprint density at radius 2 is 0.655 bits per heavy atom. The SMILES string of the molecule is CC/C=C\C/C=C\C/C=C\C/C=C\C/C=C\C/C=C\CCCCC(=O)OC(COC(=O)CCCCCCCCCCCCCCCCCCCCCCCCCCCCCCCCCCCCCCCCCCC)COC(OCC[N+](C)(C)C)C(=O)[O-]. The highest BCUT2D eigenvalue weighted by atomic mass is 16.7. The van der Waals surface area contributed by atoms with Gasteiger partial charge in [-0.15, -0.1) is 0 Å². The summed E-state index contributed by atoms with van der Waals surface area (Å²) >= 11 is 0. The fraction of sp³-hybridized carbons (Fsp3) is 0.808. The lowest BCUT2D eigenvalue weighted by Gasteiger charge is -2.26. The van der Waals surface area contributed by atoms with Gasteiger partial charge >= 0.3 is 11.9 Å². The predicted molar refractivity (Wildman–Crippen MR) is 371 cm³/mol. The van der Waals surface area contributed by atoms with E-state index < -0.39 is 24.3 Å². The molecule has 0 aliphatic heterocycles. The topological polar surface area (TPSA) is 111 Å². The first-order valence-electron chi connectivity index (χ1n) is 37.1. The summed E-state index contributed by atoms with van der Waals surface area (Å²) in [6, 6.07) is 0. The van der Waals surface area contributed by atoms with Crippen molar-refractivity contribution in [2.75, 3.05) is 47.5 Å². The lowest BCUT2D eigenvalue weighted by Crippen LogP contribution is -2.44. The lowest BCUT2D eigenvalue weighted by atomic mass is 10.0. The number of aliphatic carboxylic acids is 1. The molecule has 0 aromatic heterocycles. The summed E-state index contributed by atoms with van der Waals surface area (Å²) in [6.07, 6.45) is 89.0. The van der Waals surface area contributed by atoms with E-state index in [2.05, 4.69) is 86.8 Å². The highest BCUT2D eigenvalue weighted by Crippen LogP contribution is 2.19. The van der Waals surface area contributed by atoms with E-state index >= 15 is 0 Å². The van der Waals surface area contributed by atoms with Crippen molar-refractivity contribution in [3.05, 3.63) is 72.9 Å². The quantitative estimate of drug-likeness (QED) is 0.0195. The first kappa shape index (κ1) is 83.7. The van der Waals surface area contributed by atoms with Crippen molar-refractivity contribution in [3.8, 4) is 0 Å². The van der Waals surface area contributed by atoms with Gasteiger partial charge in [0.1, 0.15) is 13.2 Å². The number of nitrogens with zero attached hydrogens (tertiary/aromatic N) is 1. The van der Waals surface area contributed by atoms with Gasteiger partial charge in [0, 0.05) is 12.8 Å². The monoisotopic (exact) mass is 1220 g/mol. The molecule has 0 N–H and O–H groups in total. The Morgan fingerprint density at radius 3 is 0.977 bits per heavy atom. The van der Waals surface area contributed by atoms with Crippen molar-refractivity contribution in [3.63, 3.8) is 0 Å². The van der Waals surface area contributed by atoms with Crippen LogP contribution in [0.1, 0.15) is 348 Å². The molecule has 0 aliphatic carbocycles. The standard InChI is InChI=1S/C78H141NO8/c1-6-8-10-12-14-16-18-20-22-24-26-28-29-30-31-32-33-34-35-36-37-38-39-40-41-42-43-44-45-46-47-49-50-52-54-56-58-60-62-64-66-68-75(80)85-72-74(73-86-78(77(82)83)84-71-70-79(3,4)5)87-76(81)69-67-65-63-61-59-57-55-53-51-48-27-25-23-21-19-17-15-13-11-9-7-2/h9,11,15,17,21,23,27,48,53,55,59,61,74,78H,6-8,10,12-14,16,18-20,22,24-26,28-47,49-52,54,56-58,60,62-73H2,1-5H3/b11-9-,17-15-,23-21-,48-27-,55-53-,61-59-. The van der Waals surface area contributed by atoms with Crippen molar-refractivity contribution >= 4 is 17.9 Å². The van der Waals surface area contributed by atoms with Gasteiger partial charge in [0.2, 0.25) is 0 Å². The summed E-state index contributed by atoms with van der Waals surface area (Å²) < 4.78 is 22.7. The normalized spacial score (nSPS) is 13.1. The molecular formula is C78H141NO8. The zero-order chi connectivity index (χ0) is 63.3. The van der Waals surface area contributed by atoms with Gasteiger partial charge in [-0.05, 0) is 64.2 Å². The molecule has 506 valence electrons. The number of carboxylic acid groups (broad SMARTS) is 1. The maximum absolute atomic E-state index is 12.9. The van der Waals surface area contributed by atoms with E-state index in [1.54, 1.807) is 0 Å². The van der Waals surface area contributed by atoms with Crippen LogP contribution in [-0.2, 0) is 33.3 Å². The summed E-state index contributed by atoms with van der Waals surface area (Å²) in [5, 5.41) is 11.8. The summed E-state index contributed by atoms with van der Waals surface area (Å²) in [7, 11) is 5.92. The first-order chi connectivity index (χ1) is 42.6. The van der Waals surface area contributed by atoms with Crippen LogP contribution in [0.3, 0.4) is 0 Å². The Morgan fingerprint density at radius 1 is 0.356 bits per heavy atom. The maximum atomic E-state index is 12.9. The number of carboxylic acids is 1. The van der Waals surface area contributed by atoms with Crippen LogP contribution in [0.2, 0.25) is 0 Å². The second-order valence-corrected chi connectivity index (χ2v) is 26.2. The summed E-state index contributed by atoms with van der Waals surface area (Å²) in [6.45, 7) is 4.62. The molecule has 0 radical (unpaired) electrons. The third kappa shape index (κ3) is 70.1. The van der Waals surface area contributed by atoms with Crippen LogP contribution in [0, 0.1) is 0 Å². The van der Waals surface area contributed by atoms with Crippen LogP contribution in [0.15, 0.2) is 72.9 Å². The molecule has 0 saturated heterocycles. The number of hydrogen-bond acceptors (Lipinski definition) is 8. The molecule has 0 spiro atoms. The van der Waals surface area contributed by atoms with E-state index in [-0.39, 0.29) is 38.6 Å². The summed E-state index contributed by atoms with van der Waals surface area (Å²) in [4.78, 5) is 37.4. The molecule has 0 amide bonds. The van der Waals surface area contributed by atoms with Crippen LogP contribution in [0.5, 0.6) is 0 Å². The molecular weight excluding hydrogens is 1080 g/mol. The highest BCUT2D eigenvalue weighted by Gasteiger charge is 2.22. The fourth-order valence-electron chi connectivity index (χ4n) is 10.8. The second kappa shape index (κ2) is 68.6. The minimum atomic E-state index is -1.64. The first-order valence-corrected chi connectivity index (χ1v) is 37.1. The number of quaternary nitrogens is 1. The molecule has 0 aliphatic rings. The summed E-state index contributed by atoms with van der Waals surface area (Å²) in [5.74, 6) is -2.33. The predicted octanol–water partition coefficient (Wildman–Crippen LogP) is 21.9. The second-order valence-electron chi connectivity index (χ2n) is 26.2. The number of ether oxygens (including phenoxy) is 4. The zero-order valence-corrected chi connectivity index (χ0v) is 57.9. The minimum Gasteiger partial charge on any atom is -0.545 e. The van der Waals surface area contributed by atoms with Gasteiger partial charge in [-0.1, -0.05) is 344 Å². The minimum absolute atomic E-state index is 0.137. The number of esters is 2. The Labute approximate surface area is 538 Å². The third-order valence-corrected chi connectivity index (χ3v) is 16.5. The van der Waals surface area contributed by atoms with E-state index in [1.807, 2.05) is 21.1 Å². The van der Waals surface area contributed by atoms with Crippen LogP contribution in [0.4, 0.5) is 0 Å². The number of unbranched alkanes of at least 4 members (excludes halogenated alkanes) is 42. The van der Waals surface area contributed by atoms with Gasteiger partial charge < -0.3 is 33.3 Å². The van der Waals surface area contributed by atoms with Gasteiger partial charge in [0.15, 0.2) is 12.4 Å². The Kier molecular flexibility index (Phi) is 66.1. The summed E-state index contributed by atoms with van der Waals surface area (Å²) in [5.41, 5.74) is 0. The molecule has 0 aromatic carbocycles. The number of carbonyl (C=O) groups excluding carboxylic acids is 3. The van der Waals surface area contributed by atoms with Gasteiger partial charge in [-0.2, -0.15) is 0 Å². The Balaban J connectivity index is 3.96. The Hall–Kier alpha value is -3.27. The third-order valence-electron chi connectivity index (χ3n) is 16.5. The van der Waals surface area contributed by atoms with E-state index in [0.717, 1.165) is 70.6 Å². The fourth-order valence-corrected chi connectivity index (χ4v) is 10.8. The van der Waals surface area contributed by atoms with Crippen LogP contribution in [0.25, 0.3) is 0 Å². The molecule has 0 heterocycles. The number of likely N-dealkylation sites (N-methyl/N-ethyl adjacent to an activating group) is 1. The van der Waals surface area contributed by atoms with E-state index in [1.165, 1.54) is 244 Å². The van der Waals surface area contributed by atoms with Gasteiger partial charge in [0.05, 0.1) is 40.3 Å². The molecule has 87 heavy (non-hydrogen) atoms. The average Bonchev–Trinajstić information content (AvgIpc) is 3.57. The maximum Gasteiger partial charge on any atom is 0.306 e. The van der Waals surface area contributed by atoms with Gasteiger partial charge in [0.25, 0.3) is 0 Å². The van der Waals surface area contributed by atoms with Crippen LogP contribution < -0.4 is 5.11 Å². The van der Waals surface area contributed by atoms with Crippen LogP contribution >= 0.6 is 0 Å². The van der Waals surface area contributed by atoms with Crippen molar-refractivity contribution < 1.29 is 42.9 Å². The number of carbonyl (C=O) groups is 3. The molecule has 0 aromatic rings. The largest absolute Gasteiger partial charge is 0.545 e. The van der Waals surface area contributed by atoms with Crippen molar-refractivity contribution in [1.82, 2.24) is 0 Å². The van der Waals surface area contributed by atoms with Gasteiger partial charge in [-0.3, -0.25) is 9.59 Å². The highest BCUT2D eigenvalue weighted by molar-refractivity contribution is 5.70. The molecule has 0 saturated carbocycles. The van der Waals surface area contributed by atoms with Crippen molar-refractivity contribution in [1.29, 1.82) is 0 Å². The number of rotatable bonds is 69. The zero-order valence-electron chi connectivity index (χ0n) is 57.9. The van der Waals surface area contributed by atoms with Crippen molar-refractivity contribution in [2.45, 2.75) is 360 Å². The molecule has 0 rings (SSSR count). The molecule has 9 nitrogen and oxygen atoms in total. The Bertz CT molecular complexity index is 1660. The molecule has 0 bridgehead atoms. The number of hydrogen-bond donors (Lipinski definition) is 0. The molecule has 2 unspecified atom stereocenters. The smallest absolute Gasteiger partial charge is 0.306 e. The average molecular weight is 1220 g/mol. The van der Waals surface area contributed by atoms with Gasteiger partial charge in [-0.25, -0.2) is 0 Å². The van der Waals surface area contributed by atoms with E-state index in [9.17, 15) is 19.5 Å². The molecule has 2 atom stereocenters. The van der Waals surface area contributed by atoms with Crippen LogP contribution in [-0.4, -0.2) is 82.3 Å². The number of allylic oxidation sites excluding steroid dienone is 12.